The summed E-state index contributed by atoms with van der Waals surface area (Å²) in [6.07, 6.45) is 2.75. The molecule has 0 aromatic heterocycles. The summed E-state index contributed by atoms with van der Waals surface area (Å²) in [6, 6.07) is 7.51. The van der Waals surface area contributed by atoms with Crippen molar-refractivity contribution in [3.8, 4) is 0 Å². The minimum atomic E-state index is -3.42. The molecule has 1 heterocycles. The molecule has 1 aliphatic heterocycles. The lowest BCUT2D eigenvalue weighted by molar-refractivity contribution is 0.528. The van der Waals surface area contributed by atoms with Crippen LogP contribution >= 0.6 is 11.8 Å². The van der Waals surface area contributed by atoms with Crippen molar-refractivity contribution in [1.82, 2.24) is 10.0 Å². The van der Waals surface area contributed by atoms with E-state index in [9.17, 15) is 8.42 Å². The number of hydrogen-bond donors (Lipinski definition) is 2. The number of rotatable bonds is 6. The van der Waals surface area contributed by atoms with E-state index in [-0.39, 0.29) is 12.1 Å². The number of nitrogens with one attached hydrogen (secondary N) is 2. The Kier molecular flexibility index (Phi) is 6.10. The van der Waals surface area contributed by atoms with Crippen LogP contribution in [0.5, 0.6) is 0 Å². The third kappa shape index (κ3) is 4.45. The van der Waals surface area contributed by atoms with Gasteiger partial charge < -0.3 is 5.32 Å². The zero-order valence-electron chi connectivity index (χ0n) is 12.6. The first-order valence-corrected chi connectivity index (χ1v) is 10.1. The Morgan fingerprint density at radius 3 is 2.67 bits per heavy atom. The van der Waals surface area contributed by atoms with Gasteiger partial charge in [-0.2, -0.15) is 11.8 Å². The Labute approximate surface area is 132 Å². The van der Waals surface area contributed by atoms with Gasteiger partial charge in [-0.25, -0.2) is 13.1 Å². The molecule has 118 valence electrons. The fourth-order valence-corrected chi connectivity index (χ4v) is 5.07. The molecule has 0 saturated carbocycles. The third-order valence-electron chi connectivity index (χ3n) is 3.87. The van der Waals surface area contributed by atoms with Crippen molar-refractivity contribution in [3.05, 3.63) is 29.8 Å². The van der Waals surface area contributed by atoms with Gasteiger partial charge in [0, 0.05) is 12.1 Å². The Bertz CT molecular complexity index is 551. The minimum Gasteiger partial charge on any atom is -0.313 e. The highest BCUT2D eigenvalue weighted by Crippen LogP contribution is 2.22. The maximum atomic E-state index is 12.5. The number of sulfonamides is 1. The molecule has 1 atom stereocenters. The normalized spacial score (nSPS) is 18.6. The minimum absolute atomic E-state index is 0.0752. The van der Waals surface area contributed by atoms with Gasteiger partial charge in [-0.15, -0.1) is 0 Å². The van der Waals surface area contributed by atoms with Gasteiger partial charge in [0.25, 0.3) is 0 Å². The first-order valence-electron chi connectivity index (χ1n) is 7.44. The molecule has 0 aliphatic carbocycles. The monoisotopic (exact) mass is 328 g/mol. The molecule has 0 radical (unpaired) electrons. The van der Waals surface area contributed by atoms with Crippen molar-refractivity contribution < 1.29 is 8.42 Å². The summed E-state index contributed by atoms with van der Waals surface area (Å²) in [4.78, 5) is 0.368. The van der Waals surface area contributed by atoms with Crippen LogP contribution in [0.3, 0.4) is 0 Å². The molecule has 1 aliphatic rings. The fourth-order valence-electron chi connectivity index (χ4n) is 2.61. The van der Waals surface area contributed by atoms with Crippen LogP contribution < -0.4 is 10.0 Å². The summed E-state index contributed by atoms with van der Waals surface area (Å²) >= 11 is 1.89. The van der Waals surface area contributed by atoms with E-state index in [0.29, 0.717) is 4.90 Å². The predicted molar refractivity (Wildman–Crippen MR) is 89.2 cm³/mol. The van der Waals surface area contributed by atoms with E-state index in [1.807, 2.05) is 30.9 Å². The van der Waals surface area contributed by atoms with Crippen molar-refractivity contribution in [1.29, 1.82) is 0 Å². The van der Waals surface area contributed by atoms with Gasteiger partial charge in [0.1, 0.15) is 0 Å². The second-order valence-electron chi connectivity index (χ2n) is 5.33. The molecule has 21 heavy (non-hydrogen) atoms. The fraction of sp³-hybridized carbons (Fsp3) is 0.600. The van der Waals surface area contributed by atoms with Crippen LogP contribution in [-0.2, 0) is 10.0 Å². The maximum Gasteiger partial charge on any atom is 0.240 e. The van der Waals surface area contributed by atoms with Crippen LogP contribution in [-0.4, -0.2) is 33.0 Å². The van der Waals surface area contributed by atoms with E-state index >= 15 is 0 Å². The van der Waals surface area contributed by atoms with Gasteiger partial charge in [0.05, 0.1) is 4.90 Å². The summed E-state index contributed by atoms with van der Waals surface area (Å²) in [6.45, 7) is 2.08. The van der Waals surface area contributed by atoms with Crippen LogP contribution in [0, 0.1) is 0 Å². The molecular weight excluding hydrogens is 304 g/mol. The molecule has 1 saturated heterocycles. The third-order valence-corrected chi connectivity index (χ3v) is 6.44. The van der Waals surface area contributed by atoms with Gasteiger partial charge in [0.2, 0.25) is 10.0 Å². The average molecular weight is 329 g/mol. The smallest absolute Gasteiger partial charge is 0.240 e. The molecule has 6 heteroatoms. The lowest BCUT2D eigenvalue weighted by Gasteiger charge is -2.23. The van der Waals surface area contributed by atoms with Crippen LogP contribution in [0.4, 0.5) is 0 Å². The molecule has 0 spiro atoms. The van der Waals surface area contributed by atoms with Gasteiger partial charge >= 0.3 is 0 Å². The van der Waals surface area contributed by atoms with E-state index in [1.54, 1.807) is 12.1 Å². The van der Waals surface area contributed by atoms with Crippen molar-refractivity contribution in [2.24, 2.45) is 0 Å². The predicted octanol–water partition coefficient (Wildman–Crippen LogP) is 2.53. The van der Waals surface area contributed by atoms with Crippen molar-refractivity contribution in [2.45, 2.75) is 43.2 Å². The summed E-state index contributed by atoms with van der Waals surface area (Å²) in [5, 5.41) is 3.21. The van der Waals surface area contributed by atoms with E-state index in [0.717, 1.165) is 36.3 Å². The quantitative estimate of drug-likeness (QED) is 0.842. The van der Waals surface area contributed by atoms with Gasteiger partial charge in [-0.3, -0.25) is 0 Å². The lowest BCUT2D eigenvalue weighted by atomic mass is 10.1. The largest absolute Gasteiger partial charge is 0.313 e. The average Bonchev–Trinajstić information content (AvgIpc) is 2.49. The van der Waals surface area contributed by atoms with Crippen molar-refractivity contribution in [3.63, 3.8) is 0 Å². The molecular formula is C15H24N2O2S2. The van der Waals surface area contributed by atoms with E-state index in [2.05, 4.69) is 17.0 Å². The molecule has 1 aromatic carbocycles. The van der Waals surface area contributed by atoms with Crippen LogP contribution in [0.1, 0.15) is 37.8 Å². The SMILES string of the molecule is CCC(NC)c1cccc(S(=O)(=O)NC2CCSCC2)c1. The molecule has 1 fully saturated rings. The second-order valence-corrected chi connectivity index (χ2v) is 8.27. The zero-order chi connectivity index (χ0) is 15.3. The number of benzene rings is 1. The second kappa shape index (κ2) is 7.63. The highest BCUT2D eigenvalue weighted by Gasteiger charge is 2.22. The Morgan fingerprint density at radius 1 is 1.33 bits per heavy atom. The van der Waals surface area contributed by atoms with Gasteiger partial charge in [-0.05, 0) is 55.5 Å². The summed E-state index contributed by atoms with van der Waals surface area (Å²) in [5.41, 5.74) is 1.02. The maximum absolute atomic E-state index is 12.5. The summed E-state index contributed by atoms with van der Waals surface area (Å²) in [7, 11) is -1.52. The van der Waals surface area contributed by atoms with Gasteiger partial charge in [0.15, 0.2) is 0 Å². The van der Waals surface area contributed by atoms with Crippen molar-refractivity contribution >= 4 is 21.8 Å². The molecule has 2 rings (SSSR count). The molecule has 4 nitrogen and oxygen atoms in total. The lowest BCUT2D eigenvalue weighted by Crippen LogP contribution is -2.37. The van der Waals surface area contributed by atoms with E-state index in [4.69, 9.17) is 0 Å². The number of hydrogen-bond acceptors (Lipinski definition) is 4. The molecule has 0 bridgehead atoms. The van der Waals surface area contributed by atoms with E-state index < -0.39 is 10.0 Å². The first-order chi connectivity index (χ1) is 10.1. The van der Waals surface area contributed by atoms with Gasteiger partial charge in [-0.1, -0.05) is 19.1 Å². The zero-order valence-corrected chi connectivity index (χ0v) is 14.3. The Morgan fingerprint density at radius 2 is 2.05 bits per heavy atom. The van der Waals surface area contributed by atoms with Crippen LogP contribution in [0.25, 0.3) is 0 Å². The highest BCUT2D eigenvalue weighted by atomic mass is 32.2. The first kappa shape index (κ1) is 16.8. The molecule has 0 amide bonds. The Balaban J connectivity index is 2.17. The van der Waals surface area contributed by atoms with Crippen molar-refractivity contribution in [2.75, 3.05) is 18.6 Å². The van der Waals surface area contributed by atoms with E-state index in [1.165, 1.54) is 0 Å². The van der Waals surface area contributed by atoms with Crippen LogP contribution in [0.15, 0.2) is 29.2 Å². The molecule has 1 aromatic rings. The summed E-state index contributed by atoms with van der Waals surface area (Å²) in [5.74, 6) is 2.07. The molecule has 1 unspecified atom stereocenters. The topological polar surface area (TPSA) is 58.2 Å². The molecule has 2 N–H and O–H groups in total. The number of thioether (sulfide) groups is 1. The standard InChI is InChI=1S/C15H24N2O2S2/c1-3-15(16-2)12-5-4-6-14(11-12)21(18,19)17-13-7-9-20-10-8-13/h4-6,11,13,15-17H,3,7-10H2,1-2H3. The van der Waals surface area contributed by atoms with Crippen LogP contribution in [0.2, 0.25) is 0 Å². The Hall–Kier alpha value is -0.560. The highest BCUT2D eigenvalue weighted by molar-refractivity contribution is 7.99. The summed E-state index contributed by atoms with van der Waals surface area (Å²) < 4.78 is 27.9.